The van der Waals surface area contributed by atoms with E-state index < -0.39 is 0 Å². The molecule has 0 radical (unpaired) electrons. The summed E-state index contributed by atoms with van der Waals surface area (Å²) in [6.07, 6.45) is 1.42. The van der Waals surface area contributed by atoms with Crippen LogP contribution in [0.25, 0.3) is 0 Å². The highest BCUT2D eigenvalue weighted by Gasteiger charge is 2.15. The van der Waals surface area contributed by atoms with Crippen LogP contribution in [0.3, 0.4) is 0 Å². The van der Waals surface area contributed by atoms with E-state index in [9.17, 15) is 0 Å². The van der Waals surface area contributed by atoms with Crippen molar-refractivity contribution in [3.63, 3.8) is 0 Å². The molecule has 1 unspecified atom stereocenters. The fourth-order valence-corrected chi connectivity index (χ4v) is 1.32. The molecular formula is C9H18N4O2. The van der Waals surface area contributed by atoms with Crippen molar-refractivity contribution in [2.75, 3.05) is 14.2 Å². The Bertz CT molecular complexity index is 285. The Labute approximate surface area is 89.6 Å². The lowest BCUT2D eigenvalue weighted by atomic mass is 10.3. The third-order valence-corrected chi connectivity index (χ3v) is 2.10. The number of hydrogen-bond acceptors (Lipinski definition) is 5. The van der Waals surface area contributed by atoms with E-state index in [0.717, 1.165) is 5.82 Å². The van der Waals surface area contributed by atoms with Crippen LogP contribution in [0.15, 0.2) is 6.33 Å². The van der Waals surface area contributed by atoms with Crippen molar-refractivity contribution in [2.45, 2.75) is 25.8 Å². The van der Waals surface area contributed by atoms with Crippen LogP contribution in [0.2, 0.25) is 0 Å². The van der Waals surface area contributed by atoms with Gasteiger partial charge in [0.15, 0.2) is 12.1 Å². The van der Waals surface area contributed by atoms with Crippen molar-refractivity contribution in [3.8, 4) is 0 Å². The molecule has 1 aromatic rings. The average molecular weight is 214 g/mol. The monoisotopic (exact) mass is 214 g/mol. The van der Waals surface area contributed by atoms with Gasteiger partial charge in [-0.2, -0.15) is 5.10 Å². The van der Waals surface area contributed by atoms with Crippen LogP contribution in [0.5, 0.6) is 0 Å². The molecule has 1 heterocycles. The van der Waals surface area contributed by atoms with E-state index in [-0.39, 0.29) is 12.3 Å². The molecule has 6 nitrogen and oxygen atoms in total. The highest BCUT2D eigenvalue weighted by molar-refractivity contribution is 4.81. The lowest BCUT2D eigenvalue weighted by Gasteiger charge is -2.21. The first-order valence-corrected chi connectivity index (χ1v) is 4.81. The molecule has 0 aliphatic rings. The molecule has 15 heavy (non-hydrogen) atoms. The summed E-state index contributed by atoms with van der Waals surface area (Å²) in [4.78, 5) is 4.11. The second-order valence-corrected chi connectivity index (χ2v) is 3.34. The van der Waals surface area contributed by atoms with Gasteiger partial charge in [-0.15, -0.1) is 0 Å². The van der Waals surface area contributed by atoms with E-state index in [1.165, 1.54) is 0 Å². The molecule has 1 N–H and O–H groups in total. The molecule has 1 atom stereocenters. The summed E-state index contributed by atoms with van der Waals surface area (Å²) in [7, 11) is 5.07. The second kappa shape index (κ2) is 5.79. The first-order chi connectivity index (χ1) is 7.17. The van der Waals surface area contributed by atoms with Crippen molar-refractivity contribution in [1.82, 2.24) is 20.1 Å². The molecule has 0 saturated carbocycles. The van der Waals surface area contributed by atoms with Gasteiger partial charge < -0.3 is 14.8 Å². The highest BCUT2D eigenvalue weighted by Crippen LogP contribution is 1.99. The van der Waals surface area contributed by atoms with Gasteiger partial charge in [0.25, 0.3) is 0 Å². The van der Waals surface area contributed by atoms with Crippen molar-refractivity contribution >= 4 is 0 Å². The van der Waals surface area contributed by atoms with Crippen LogP contribution in [-0.4, -0.2) is 41.3 Å². The third kappa shape index (κ3) is 3.58. The van der Waals surface area contributed by atoms with Gasteiger partial charge in [-0.1, -0.05) is 0 Å². The van der Waals surface area contributed by atoms with E-state index in [0.29, 0.717) is 6.54 Å². The summed E-state index contributed by atoms with van der Waals surface area (Å²) in [5.41, 5.74) is 0. The molecule has 1 aromatic heterocycles. The lowest BCUT2D eigenvalue weighted by molar-refractivity contribution is -0.119. The van der Waals surface area contributed by atoms with Crippen LogP contribution >= 0.6 is 0 Å². The van der Waals surface area contributed by atoms with Gasteiger partial charge in [0.05, 0.1) is 12.6 Å². The fourth-order valence-electron chi connectivity index (χ4n) is 1.32. The number of methoxy groups -OCH3 is 2. The number of hydrogen-bond donors (Lipinski definition) is 1. The molecule has 0 aromatic carbocycles. The van der Waals surface area contributed by atoms with Crippen molar-refractivity contribution in [3.05, 3.63) is 12.2 Å². The number of aryl methyl sites for hydroxylation is 1. The molecule has 6 heteroatoms. The van der Waals surface area contributed by atoms with Gasteiger partial charge >= 0.3 is 0 Å². The summed E-state index contributed by atoms with van der Waals surface area (Å²) in [6.45, 7) is 2.59. The summed E-state index contributed by atoms with van der Waals surface area (Å²) in [6, 6.07) is 0.0869. The van der Waals surface area contributed by atoms with Crippen LogP contribution in [0.1, 0.15) is 12.7 Å². The van der Waals surface area contributed by atoms with E-state index in [1.54, 1.807) is 25.2 Å². The Balaban J connectivity index is 2.36. The van der Waals surface area contributed by atoms with Crippen molar-refractivity contribution in [2.24, 2.45) is 7.05 Å². The molecule has 0 spiro atoms. The summed E-state index contributed by atoms with van der Waals surface area (Å²) < 4.78 is 11.9. The predicted octanol–water partition coefficient (Wildman–Crippen LogP) is -0.0879. The Morgan fingerprint density at radius 3 is 2.60 bits per heavy atom. The van der Waals surface area contributed by atoms with Gasteiger partial charge in [-0.3, -0.25) is 4.68 Å². The molecular weight excluding hydrogens is 196 g/mol. The topological polar surface area (TPSA) is 61.2 Å². The van der Waals surface area contributed by atoms with Gasteiger partial charge in [0.2, 0.25) is 0 Å². The Morgan fingerprint density at radius 2 is 2.13 bits per heavy atom. The van der Waals surface area contributed by atoms with E-state index in [4.69, 9.17) is 9.47 Å². The minimum Gasteiger partial charge on any atom is -0.354 e. The van der Waals surface area contributed by atoms with E-state index in [2.05, 4.69) is 15.4 Å². The fraction of sp³-hybridized carbons (Fsp3) is 0.778. The van der Waals surface area contributed by atoms with E-state index >= 15 is 0 Å². The van der Waals surface area contributed by atoms with Crippen LogP contribution in [-0.2, 0) is 23.1 Å². The Morgan fingerprint density at radius 1 is 1.47 bits per heavy atom. The van der Waals surface area contributed by atoms with Gasteiger partial charge in [0.1, 0.15) is 6.33 Å². The zero-order valence-electron chi connectivity index (χ0n) is 9.60. The predicted molar refractivity (Wildman–Crippen MR) is 55.1 cm³/mol. The largest absolute Gasteiger partial charge is 0.354 e. The summed E-state index contributed by atoms with van der Waals surface area (Å²) >= 11 is 0. The van der Waals surface area contributed by atoms with Gasteiger partial charge in [-0.05, 0) is 6.92 Å². The smallest absolute Gasteiger partial charge is 0.171 e. The molecule has 1 rings (SSSR count). The van der Waals surface area contributed by atoms with Crippen LogP contribution < -0.4 is 5.32 Å². The first kappa shape index (κ1) is 12.1. The maximum Gasteiger partial charge on any atom is 0.171 e. The molecule has 0 bridgehead atoms. The number of ether oxygens (including phenoxy) is 2. The number of aromatic nitrogens is 3. The molecule has 0 fully saturated rings. The van der Waals surface area contributed by atoms with Crippen LogP contribution in [0.4, 0.5) is 0 Å². The quantitative estimate of drug-likeness (QED) is 0.671. The number of nitrogens with one attached hydrogen (secondary N) is 1. The minimum atomic E-state index is -0.256. The van der Waals surface area contributed by atoms with Gasteiger partial charge in [0, 0.05) is 21.3 Å². The molecule has 0 aliphatic carbocycles. The second-order valence-electron chi connectivity index (χ2n) is 3.34. The molecule has 0 aliphatic heterocycles. The van der Waals surface area contributed by atoms with E-state index in [1.807, 2.05) is 14.0 Å². The zero-order chi connectivity index (χ0) is 11.3. The highest BCUT2D eigenvalue weighted by atomic mass is 16.7. The molecule has 0 amide bonds. The Kier molecular flexibility index (Phi) is 4.67. The van der Waals surface area contributed by atoms with Crippen molar-refractivity contribution < 1.29 is 9.47 Å². The zero-order valence-corrected chi connectivity index (χ0v) is 9.60. The Hall–Kier alpha value is -0.980. The van der Waals surface area contributed by atoms with Crippen LogP contribution in [0, 0.1) is 0 Å². The first-order valence-electron chi connectivity index (χ1n) is 4.81. The average Bonchev–Trinajstić information content (AvgIpc) is 2.63. The van der Waals surface area contributed by atoms with Crippen molar-refractivity contribution in [1.29, 1.82) is 0 Å². The number of nitrogens with zero attached hydrogens (tertiary/aromatic N) is 3. The maximum absolute atomic E-state index is 5.12. The third-order valence-electron chi connectivity index (χ3n) is 2.10. The SMILES string of the molecule is COC(OC)C(C)NCc1ncn(C)n1. The normalized spacial score (nSPS) is 13.4. The number of rotatable bonds is 6. The maximum atomic E-state index is 5.12. The summed E-state index contributed by atoms with van der Waals surface area (Å²) in [5, 5.41) is 7.38. The standard InChI is InChI=1S/C9H18N4O2/c1-7(9(14-3)15-4)10-5-8-11-6-13(2)12-8/h6-7,9-10H,5H2,1-4H3. The molecule has 0 saturated heterocycles. The van der Waals surface area contributed by atoms with Gasteiger partial charge in [-0.25, -0.2) is 4.98 Å². The minimum absolute atomic E-state index is 0.0869. The summed E-state index contributed by atoms with van der Waals surface area (Å²) in [5.74, 6) is 0.760. The molecule has 86 valence electrons. The lowest BCUT2D eigenvalue weighted by Crippen LogP contribution is -2.39.